The van der Waals surface area contributed by atoms with Gasteiger partial charge in [0, 0.05) is 46.3 Å². The van der Waals surface area contributed by atoms with Crippen LogP contribution in [0.15, 0.2) is 0 Å². The van der Waals surface area contributed by atoms with Gasteiger partial charge in [-0.05, 0) is 6.54 Å². The van der Waals surface area contributed by atoms with Crippen molar-refractivity contribution in [2.45, 2.75) is 25.0 Å². The maximum absolute atomic E-state index is 5.77. The van der Waals surface area contributed by atoms with Crippen LogP contribution in [0.4, 0.5) is 0 Å². The first-order valence-electron chi connectivity index (χ1n) is 6.95. The number of hydrogen-bond donors (Lipinski definition) is 1. The highest BCUT2D eigenvalue weighted by Crippen LogP contribution is 2.21. The average Bonchev–Trinajstić information content (AvgIpc) is 2.88. The van der Waals surface area contributed by atoms with Crippen LogP contribution in [0, 0.1) is 0 Å². The number of rotatable bonds is 6. The van der Waals surface area contributed by atoms with E-state index in [9.17, 15) is 0 Å². The van der Waals surface area contributed by atoms with Gasteiger partial charge in [-0.2, -0.15) is 0 Å². The number of likely N-dealkylation sites (N-methyl/N-ethyl adjacent to an activating group) is 1. The smallest absolute Gasteiger partial charge is 0.106 e. The first kappa shape index (κ1) is 14.2. The van der Waals surface area contributed by atoms with Gasteiger partial charge in [0.1, 0.15) is 5.60 Å². The molecule has 2 rings (SSSR count). The molecule has 0 radical (unpaired) electrons. The van der Waals surface area contributed by atoms with Gasteiger partial charge in [0.05, 0.1) is 19.3 Å². The van der Waals surface area contributed by atoms with E-state index in [4.69, 9.17) is 14.2 Å². The van der Waals surface area contributed by atoms with E-state index in [1.165, 1.54) is 0 Å². The fourth-order valence-corrected chi connectivity index (χ4v) is 2.61. The van der Waals surface area contributed by atoms with Crippen LogP contribution < -0.4 is 5.32 Å². The zero-order valence-electron chi connectivity index (χ0n) is 11.6. The van der Waals surface area contributed by atoms with Crippen LogP contribution in [-0.4, -0.2) is 76.3 Å². The van der Waals surface area contributed by atoms with Crippen molar-refractivity contribution in [3.8, 4) is 0 Å². The average molecular weight is 258 g/mol. The van der Waals surface area contributed by atoms with E-state index >= 15 is 0 Å². The van der Waals surface area contributed by atoms with Crippen LogP contribution in [0.25, 0.3) is 0 Å². The SMILES string of the molecule is CCN1CCOC(CNCC2(OC)CCOC2)C1. The summed E-state index contributed by atoms with van der Waals surface area (Å²) < 4.78 is 16.8. The second kappa shape index (κ2) is 6.82. The van der Waals surface area contributed by atoms with Gasteiger partial charge in [-0.1, -0.05) is 6.92 Å². The van der Waals surface area contributed by atoms with Gasteiger partial charge < -0.3 is 19.5 Å². The van der Waals surface area contributed by atoms with E-state index < -0.39 is 0 Å². The van der Waals surface area contributed by atoms with E-state index in [0.29, 0.717) is 12.7 Å². The van der Waals surface area contributed by atoms with E-state index in [1.54, 1.807) is 7.11 Å². The quantitative estimate of drug-likeness (QED) is 0.732. The Morgan fingerprint density at radius 1 is 1.44 bits per heavy atom. The summed E-state index contributed by atoms with van der Waals surface area (Å²) in [7, 11) is 1.77. The molecule has 0 aromatic carbocycles. The van der Waals surface area contributed by atoms with Crippen LogP contribution in [0.2, 0.25) is 0 Å². The monoisotopic (exact) mass is 258 g/mol. The molecule has 0 aliphatic carbocycles. The minimum absolute atomic E-state index is 0.126. The van der Waals surface area contributed by atoms with Gasteiger partial charge in [-0.3, -0.25) is 4.90 Å². The van der Waals surface area contributed by atoms with Crippen LogP contribution in [0.1, 0.15) is 13.3 Å². The van der Waals surface area contributed by atoms with Crippen molar-refractivity contribution in [1.82, 2.24) is 10.2 Å². The molecule has 2 fully saturated rings. The molecular weight excluding hydrogens is 232 g/mol. The molecule has 2 saturated heterocycles. The standard InChI is InChI=1S/C13H26N2O3/c1-3-15-5-7-18-12(9-15)8-14-10-13(16-2)4-6-17-11-13/h12,14H,3-11H2,1-2H3. The number of hydrogen-bond acceptors (Lipinski definition) is 5. The highest BCUT2D eigenvalue weighted by atomic mass is 16.5. The Hall–Kier alpha value is -0.200. The van der Waals surface area contributed by atoms with Crippen molar-refractivity contribution in [2.24, 2.45) is 0 Å². The lowest BCUT2D eigenvalue weighted by Gasteiger charge is -2.33. The van der Waals surface area contributed by atoms with Crippen molar-refractivity contribution in [2.75, 3.05) is 59.7 Å². The lowest BCUT2D eigenvalue weighted by Crippen LogP contribution is -2.50. The third-order valence-electron chi connectivity index (χ3n) is 3.99. The molecule has 2 unspecified atom stereocenters. The predicted octanol–water partition coefficient (Wildman–Crippen LogP) is 0.102. The van der Waals surface area contributed by atoms with Gasteiger partial charge in [0.25, 0.3) is 0 Å². The van der Waals surface area contributed by atoms with Crippen molar-refractivity contribution >= 4 is 0 Å². The zero-order valence-corrected chi connectivity index (χ0v) is 11.6. The first-order valence-corrected chi connectivity index (χ1v) is 6.95. The molecule has 2 atom stereocenters. The summed E-state index contributed by atoms with van der Waals surface area (Å²) in [5, 5.41) is 3.48. The molecule has 1 N–H and O–H groups in total. The van der Waals surface area contributed by atoms with E-state index in [2.05, 4.69) is 17.1 Å². The van der Waals surface area contributed by atoms with Crippen molar-refractivity contribution in [3.05, 3.63) is 0 Å². The van der Waals surface area contributed by atoms with Gasteiger partial charge >= 0.3 is 0 Å². The summed E-state index contributed by atoms with van der Waals surface area (Å²) in [5.74, 6) is 0. The second-order valence-corrected chi connectivity index (χ2v) is 5.21. The fourth-order valence-electron chi connectivity index (χ4n) is 2.61. The molecular formula is C13H26N2O3. The lowest BCUT2D eigenvalue weighted by molar-refractivity contribution is -0.0371. The number of nitrogens with one attached hydrogen (secondary N) is 1. The molecule has 18 heavy (non-hydrogen) atoms. The molecule has 0 amide bonds. The molecule has 106 valence electrons. The van der Waals surface area contributed by atoms with Crippen LogP contribution in [0.5, 0.6) is 0 Å². The summed E-state index contributed by atoms with van der Waals surface area (Å²) in [6.45, 7) is 9.47. The highest BCUT2D eigenvalue weighted by molar-refractivity contribution is 4.87. The Bertz CT molecular complexity index is 244. The van der Waals surface area contributed by atoms with Gasteiger partial charge in [0.15, 0.2) is 0 Å². The first-order chi connectivity index (χ1) is 8.78. The van der Waals surface area contributed by atoms with Crippen molar-refractivity contribution in [1.29, 1.82) is 0 Å². The van der Waals surface area contributed by atoms with Gasteiger partial charge in [-0.25, -0.2) is 0 Å². The van der Waals surface area contributed by atoms with Gasteiger partial charge in [0.2, 0.25) is 0 Å². The molecule has 0 bridgehead atoms. The molecule has 0 saturated carbocycles. The third-order valence-corrected chi connectivity index (χ3v) is 3.99. The molecule has 0 aromatic heterocycles. The fraction of sp³-hybridized carbons (Fsp3) is 1.00. The second-order valence-electron chi connectivity index (χ2n) is 5.21. The topological polar surface area (TPSA) is 43.0 Å². The van der Waals surface area contributed by atoms with Crippen molar-refractivity contribution < 1.29 is 14.2 Å². The van der Waals surface area contributed by atoms with Crippen molar-refractivity contribution in [3.63, 3.8) is 0 Å². The largest absolute Gasteiger partial charge is 0.378 e. The normalized spacial score (nSPS) is 34.0. The number of methoxy groups -OCH3 is 1. The van der Waals surface area contributed by atoms with E-state index in [0.717, 1.165) is 52.4 Å². The maximum atomic E-state index is 5.77. The summed E-state index contributed by atoms with van der Waals surface area (Å²) >= 11 is 0. The molecule has 0 aromatic rings. The van der Waals surface area contributed by atoms with E-state index in [-0.39, 0.29) is 5.60 Å². The number of morpholine rings is 1. The maximum Gasteiger partial charge on any atom is 0.106 e. The Morgan fingerprint density at radius 2 is 2.33 bits per heavy atom. The summed E-state index contributed by atoms with van der Waals surface area (Å²) in [6, 6.07) is 0. The Balaban J connectivity index is 1.68. The van der Waals surface area contributed by atoms with Gasteiger partial charge in [-0.15, -0.1) is 0 Å². The van der Waals surface area contributed by atoms with Crippen LogP contribution in [0.3, 0.4) is 0 Å². The van der Waals surface area contributed by atoms with Crippen LogP contribution in [-0.2, 0) is 14.2 Å². The molecule has 2 aliphatic rings. The molecule has 0 spiro atoms. The zero-order chi connectivity index (χ0) is 12.8. The Labute approximate surface area is 110 Å². The summed E-state index contributed by atoms with van der Waals surface area (Å²) in [6.07, 6.45) is 1.28. The number of ether oxygens (including phenoxy) is 3. The predicted molar refractivity (Wildman–Crippen MR) is 69.9 cm³/mol. The minimum Gasteiger partial charge on any atom is -0.378 e. The Kier molecular flexibility index (Phi) is 5.38. The Morgan fingerprint density at radius 3 is 3.00 bits per heavy atom. The third kappa shape index (κ3) is 3.65. The summed E-state index contributed by atoms with van der Waals surface area (Å²) in [4.78, 5) is 2.43. The van der Waals surface area contributed by atoms with E-state index in [1.807, 2.05) is 0 Å². The van der Waals surface area contributed by atoms with Crippen LogP contribution >= 0.6 is 0 Å². The lowest BCUT2D eigenvalue weighted by atomic mass is 10.0. The molecule has 2 heterocycles. The minimum atomic E-state index is -0.126. The number of nitrogens with zero attached hydrogens (tertiary/aromatic N) is 1. The highest BCUT2D eigenvalue weighted by Gasteiger charge is 2.34. The molecule has 5 heteroatoms. The molecule has 5 nitrogen and oxygen atoms in total. The molecule has 2 aliphatic heterocycles. The summed E-state index contributed by atoms with van der Waals surface area (Å²) in [5.41, 5.74) is -0.126.